The average Bonchev–Trinajstić information content (AvgIpc) is 3.38. The second kappa shape index (κ2) is 44.3. The number of carbonyl (C=O) groups excluding carboxylic acids is 1. The molecule has 2 aliphatic heterocycles. The highest BCUT2D eigenvalue weighted by Crippen LogP contribution is 2.30. The smallest absolute Gasteiger partial charge is 0.220 e. The van der Waals surface area contributed by atoms with Gasteiger partial charge in [0.2, 0.25) is 5.91 Å². The summed E-state index contributed by atoms with van der Waals surface area (Å²) in [7, 11) is 0. The number of nitrogens with one attached hydrogen (secondary N) is 1. The first-order chi connectivity index (χ1) is 35.1. The molecule has 0 radical (unpaired) electrons. The third-order valence-corrected chi connectivity index (χ3v) is 14.3. The zero-order valence-corrected chi connectivity index (χ0v) is 45.2. The highest BCUT2D eigenvalue weighted by atomic mass is 16.7. The van der Waals surface area contributed by atoms with E-state index in [1.165, 1.54) is 154 Å². The van der Waals surface area contributed by atoms with Gasteiger partial charge in [-0.3, -0.25) is 4.79 Å². The van der Waals surface area contributed by atoms with Crippen molar-refractivity contribution in [2.75, 3.05) is 19.8 Å². The van der Waals surface area contributed by atoms with Crippen LogP contribution in [0.4, 0.5) is 0 Å². The van der Waals surface area contributed by atoms with Crippen LogP contribution in [0.2, 0.25) is 0 Å². The Morgan fingerprint density at radius 3 is 1.36 bits per heavy atom. The number of hydrogen-bond acceptors (Lipinski definition) is 13. The molecule has 0 bridgehead atoms. The minimum atomic E-state index is -1.79. The lowest BCUT2D eigenvalue weighted by Crippen LogP contribution is -2.65. The number of aliphatic hydroxyl groups is 8. The number of amides is 1. The molecule has 0 aromatic heterocycles. The molecule has 422 valence electrons. The van der Waals surface area contributed by atoms with Crippen LogP contribution in [0, 0.1) is 0 Å². The van der Waals surface area contributed by atoms with Gasteiger partial charge in [0.15, 0.2) is 12.6 Å². The maximum Gasteiger partial charge on any atom is 0.220 e. The predicted octanol–water partition coefficient (Wildman–Crippen LogP) is 9.44. The lowest BCUT2D eigenvalue weighted by atomic mass is 9.97. The molecular weight excluding hydrogens is 919 g/mol. The molecule has 12 atom stereocenters. The second-order valence-corrected chi connectivity index (χ2v) is 20.8. The summed E-state index contributed by atoms with van der Waals surface area (Å²) in [5.41, 5.74) is 0. The molecule has 0 aromatic rings. The molecule has 2 aliphatic rings. The van der Waals surface area contributed by atoms with Crippen LogP contribution in [0.5, 0.6) is 0 Å². The van der Waals surface area contributed by atoms with Crippen molar-refractivity contribution < 1.29 is 64.6 Å². The maximum absolute atomic E-state index is 13.2. The van der Waals surface area contributed by atoms with Crippen molar-refractivity contribution in [2.24, 2.45) is 0 Å². The Labute approximate surface area is 436 Å². The van der Waals surface area contributed by atoms with E-state index >= 15 is 0 Å². The fourth-order valence-electron chi connectivity index (χ4n) is 9.56. The first kappa shape index (κ1) is 66.3. The number of hydrogen-bond donors (Lipinski definition) is 9. The van der Waals surface area contributed by atoms with Gasteiger partial charge in [0.05, 0.1) is 32.0 Å². The molecule has 2 rings (SSSR count). The van der Waals surface area contributed by atoms with E-state index in [1.807, 2.05) is 6.08 Å². The number of allylic oxidation sites excluding steroid dienone is 5. The highest BCUT2D eigenvalue weighted by molar-refractivity contribution is 5.76. The predicted molar refractivity (Wildman–Crippen MR) is 286 cm³/mol. The van der Waals surface area contributed by atoms with Crippen LogP contribution in [0.1, 0.15) is 232 Å². The summed E-state index contributed by atoms with van der Waals surface area (Å²) in [5, 5.41) is 86.9. The van der Waals surface area contributed by atoms with E-state index in [0.29, 0.717) is 12.8 Å². The molecule has 14 heteroatoms. The third kappa shape index (κ3) is 30.1. The van der Waals surface area contributed by atoms with Crippen LogP contribution in [0.15, 0.2) is 36.5 Å². The Morgan fingerprint density at radius 1 is 0.486 bits per heavy atom. The first-order valence-corrected chi connectivity index (χ1v) is 29.2. The van der Waals surface area contributed by atoms with Crippen LogP contribution in [-0.4, -0.2) is 140 Å². The van der Waals surface area contributed by atoms with Crippen molar-refractivity contribution in [1.82, 2.24) is 5.32 Å². The van der Waals surface area contributed by atoms with Gasteiger partial charge in [-0.25, -0.2) is 0 Å². The van der Waals surface area contributed by atoms with E-state index < -0.39 is 86.8 Å². The Bertz CT molecular complexity index is 1350. The zero-order chi connectivity index (χ0) is 52.4. The first-order valence-electron chi connectivity index (χ1n) is 29.2. The monoisotopic (exact) mass is 1030 g/mol. The number of carbonyl (C=O) groups is 1. The third-order valence-electron chi connectivity index (χ3n) is 14.3. The summed E-state index contributed by atoms with van der Waals surface area (Å²) in [6, 6.07) is -0.934. The second-order valence-electron chi connectivity index (χ2n) is 20.8. The van der Waals surface area contributed by atoms with E-state index in [9.17, 15) is 45.6 Å². The lowest BCUT2D eigenvalue weighted by Gasteiger charge is -2.46. The van der Waals surface area contributed by atoms with Gasteiger partial charge in [0, 0.05) is 6.42 Å². The Morgan fingerprint density at radius 2 is 0.889 bits per heavy atom. The van der Waals surface area contributed by atoms with Gasteiger partial charge < -0.3 is 65.1 Å². The quantitative estimate of drug-likeness (QED) is 0.0205. The van der Waals surface area contributed by atoms with Crippen molar-refractivity contribution in [1.29, 1.82) is 0 Å². The molecule has 2 saturated heterocycles. The highest BCUT2D eigenvalue weighted by Gasteiger charge is 2.51. The average molecular weight is 1030 g/mol. The van der Waals surface area contributed by atoms with Crippen molar-refractivity contribution in [3.8, 4) is 0 Å². The van der Waals surface area contributed by atoms with E-state index in [2.05, 4.69) is 43.5 Å². The topological polar surface area (TPSA) is 228 Å². The van der Waals surface area contributed by atoms with Crippen LogP contribution in [0.3, 0.4) is 0 Å². The summed E-state index contributed by atoms with van der Waals surface area (Å²) >= 11 is 0. The maximum atomic E-state index is 13.2. The van der Waals surface area contributed by atoms with E-state index in [0.717, 1.165) is 44.9 Å². The van der Waals surface area contributed by atoms with Crippen molar-refractivity contribution in [2.45, 2.75) is 306 Å². The van der Waals surface area contributed by atoms with Gasteiger partial charge >= 0.3 is 0 Å². The molecule has 0 spiro atoms. The van der Waals surface area contributed by atoms with Gasteiger partial charge in [-0.2, -0.15) is 0 Å². The number of unbranched alkanes of at least 4 members (excludes halogenated alkanes) is 29. The Hall–Kier alpha value is -1.79. The molecule has 0 saturated carbocycles. The minimum Gasteiger partial charge on any atom is -0.394 e. The normalized spacial score (nSPS) is 25.8. The molecule has 1 amide bonds. The fourth-order valence-corrected chi connectivity index (χ4v) is 9.56. The van der Waals surface area contributed by atoms with E-state index in [-0.39, 0.29) is 18.9 Å². The number of aliphatic hydroxyl groups excluding tert-OH is 8. The van der Waals surface area contributed by atoms with E-state index in [1.54, 1.807) is 6.08 Å². The molecule has 0 aromatic carbocycles. The van der Waals surface area contributed by atoms with E-state index in [4.69, 9.17) is 18.9 Å². The van der Waals surface area contributed by atoms with Gasteiger partial charge in [0.25, 0.3) is 0 Å². The minimum absolute atomic E-state index is 0.253. The van der Waals surface area contributed by atoms with Gasteiger partial charge in [-0.1, -0.05) is 217 Å². The largest absolute Gasteiger partial charge is 0.394 e. The Balaban J connectivity index is 1.77. The van der Waals surface area contributed by atoms with Crippen molar-refractivity contribution in [3.63, 3.8) is 0 Å². The molecule has 2 fully saturated rings. The fraction of sp³-hybridized carbons (Fsp3) is 0.879. The summed E-state index contributed by atoms with van der Waals surface area (Å²) in [6.07, 6.45) is 36.3. The molecule has 0 aliphatic carbocycles. The molecule has 14 nitrogen and oxygen atoms in total. The van der Waals surface area contributed by atoms with Crippen LogP contribution in [0.25, 0.3) is 0 Å². The summed E-state index contributed by atoms with van der Waals surface area (Å²) < 4.78 is 22.7. The molecular formula is C58H107NO13. The Kier molecular flexibility index (Phi) is 40.9. The van der Waals surface area contributed by atoms with Crippen molar-refractivity contribution >= 4 is 5.91 Å². The SMILES string of the molecule is CCCCCCCCCCCCCCCCCC/C=C/CC/C=C/CC/C=C/C(O)C(COC1OC(CO)C(OC2OC(CO)C(O)C(O)C2O)C(O)C1O)NC(=O)CCCCCCCCCCCCCC. The molecule has 72 heavy (non-hydrogen) atoms. The molecule has 9 N–H and O–H groups in total. The van der Waals surface area contributed by atoms with Gasteiger partial charge in [-0.05, 0) is 44.9 Å². The van der Waals surface area contributed by atoms with Crippen LogP contribution in [-0.2, 0) is 23.7 Å². The lowest BCUT2D eigenvalue weighted by molar-refractivity contribution is -0.359. The van der Waals surface area contributed by atoms with Crippen LogP contribution < -0.4 is 5.32 Å². The van der Waals surface area contributed by atoms with Crippen molar-refractivity contribution in [3.05, 3.63) is 36.5 Å². The number of ether oxygens (including phenoxy) is 4. The van der Waals surface area contributed by atoms with Crippen LogP contribution >= 0.6 is 0 Å². The summed E-state index contributed by atoms with van der Waals surface area (Å²) in [4.78, 5) is 13.2. The number of rotatable bonds is 46. The summed E-state index contributed by atoms with van der Waals surface area (Å²) in [5.74, 6) is -0.253. The standard InChI is InChI=1S/C58H107NO13/c1-3-5-7-9-11-13-15-17-18-19-20-21-22-23-24-25-26-27-28-29-30-31-33-35-37-39-41-47(62)46(59-50(63)42-40-38-36-34-32-16-14-12-10-8-6-4-2)45-69-57-55(68)53(66)56(49(44-61)71-57)72-58-54(67)52(65)51(64)48(43-60)70-58/h27-28,31,33,39,41,46-49,51-58,60-62,64-68H,3-26,29-30,32,34-38,40,42-45H2,1-2H3,(H,59,63)/b28-27+,33-31+,41-39+. The molecule has 12 unspecified atom stereocenters. The summed E-state index contributed by atoms with van der Waals surface area (Å²) in [6.45, 7) is 2.77. The molecule has 2 heterocycles. The van der Waals surface area contributed by atoms with Gasteiger partial charge in [-0.15, -0.1) is 0 Å². The van der Waals surface area contributed by atoms with Gasteiger partial charge in [0.1, 0.15) is 48.8 Å². The zero-order valence-electron chi connectivity index (χ0n) is 45.2.